The molecule has 5 rings (SSSR count). The van der Waals surface area contributed by atoms with E-state index in [4.69, 9.17) is 9.47 Å². The van der Waals surface area contributed by atoms with Crippen LogP contribution in [0.25, 0.3) is 0 Å². The van der Waals surface area contributed by atoms with Crippen LogP contribution in [-0.2, 0) is 30.3 Å². The molecule has 3 aliphatic rings. The fourth-order valence-electron chi connectivity index (χ4n) is 7.36. The molecule has 222 valence electrons. The highest BCUT2D eigenvalue weighted by Crippen LogP contribution is 2.64. The zero-order valence-corrected chi connectivity index (χ0v) is 24.6. The number of amides is 2. The molecule has 8 nitrogen and oxygen atoms in total. The zero-order chi connectivity index (χ0) is 30.2. The first-order valence-corrected chi connectivity index (χ1v) is 14.6. The van der Waals surface area contributed by atoms with Crippen molar-refractivity contribution in [1.29, 1.82) is 0 Å². The summed E-state index contributed by atoms with van der Waals surface area (Å²) in [5.74, 6) is -3.03. The molecular formula is C34H40N2O6. The van der Waals surface area contributed by atoms with Gasteiger partial charge in [0, 0.05) is 12.2 Å². The monoisotopic (exact) mass is 572 g/mol. The summed E-state index contributed by atoms with van der Waals surface area (Å²) in [5.41, 5.74) is 1.32. The molecule has 2 aromatic carbocycles. The standard InChI is InChI=1S/C34H40N2O6/c1-6-17-35(26-19-22(3)13-14-23(26)4)31(39)29-34-16-15-33(5,42-34)28(32(40)41-18-7-2)27(34)30(38)36(29)25(21-37)20-24-11-9-8-10-12-24/h6-14,19,25,27-29,37H,1-2,15-18,20-21H2,3-5H3/t25-,27+,28-,29?,33+,34?/m1/s1. The quantitative estimate of drug-likeness (QED) is 0.324. The van der Waals surface area contributed by atoms with E-state index < -0.39 is 41.1 Å². The molecule has 8 heteroatoms. The van der Waals surface area contributed by atoms with E-state index in [-0.39, 0.29) is 31.6 Å². The lowest BCUT2D eigenvalue weighted by Gasteiger charge is -2.40. The van der Waals surface area contributed by atoms with Crippen molar-refractivity contribution in [3.8, 4) is 0 Å². The Labute approximate surface area is 247 Å². The number of likely N-dealkylation sites (tertiary alicyclic amines) is 1. The Morgan fingerprint density at radius 3 is 2.57 bits per heavy atom. The van der Waals surface area contributed by atoms with Crippen molar-refractivity contribution in [2.45, 2.75) is 63.3 Å². The first kappa shape index (κ1) is 29.7. The van der Waals surface area contributed by atoms with Gasteiger partial charge in [0.1, 0.15) is 24.2 Å². The third-order valence-electron chi connectivity index (χ3n) is 9.20. The number of nitrogens with zero attached hydrogens (tertiary/aromatic N) is 2. The molecule has 0 radical (unpaired) electrons. The van der Waals surface area contributed by atoms with Crippen LogP contribution in [-0.4, -0.2) is 70.8 Å². The molecule has 3 fully saturated rings. The summed E-state index contributed by atoms with van der Waals surface area (Å²) < 4.78 is 12.2. The van der Waals surface area contributed by atoms with E-state index in [1.807, 2.05) is 69.3 Å². The van der Waals surface area contributed by atoms with Gasteiger partial charge in [-0.15, -0.1) is 6.58 Å². The molecule has 42 heavy (non-hydrogen) atoms. The van der Waals surface area contributed by atoms with E-state index in [2.05, 4.69) is 13.2 Å². The lowest BCUT2D eigenvalue weighted by Crippen LogP contribution is -2.59. The highest BCUT2D eigenvalue weighted by molar-refractivity contribution is 6.05. The number of aliphatic hydroxyl groups excluding tert-OH is 1. The maximum atomic E-state index is 14.9. The molecule has 3 saturated heterocycles. The summed E-state index contributed by atoms with van der Waals surface area (Å²) in [6.45, 7) is 13.1. The third kappa shape index (κ3) is 4.76. The number of hydrogen-bond acceptors (Lipinski definition) is 6. The number of rotatable bonds is 11. The normalized spacial score (nSPS) is 28.3. The molecule has 2 aromatic rings. The Morgan fingerprint density at radius 1 is 1.17 bits per heavy atom. The number of esters is 1. The molecule has 0 aliphatic carbocycles. The van der Waals surface area contributed by atoms with Crippen molar-refractivity contribution in [1.82, 2.24) is 4.90 Å². The molecule has 2 unspecified atom stereocenters. The summed E-state index contributed by atoms with van der Waals surface area (Å²) in [7, 11) is 0. The Hall–Kier alpha value is -3.75. The fraction of sp³-hybridized carbons (Fsp3) is 0.441. The van der Waals surface area contributed by atoms with E-state index >= 15 is 0 Å². The minimum absolute atomic E-state index is 0.0123. The van der Waals surface area contributed by atoms with Crippen LogP contribution in [0.3, 0.4) is 0 Å². The van der Waals surface area contributed by atoms with Crippen molar-refractivity contribution in [2.75, 3.05) is 24.7 Å². The Bertz CT molecular complexity index is 1390. The zero-order valence-electron chi connectivity index (χ0n) is 24.6. The number of carbonyl (C=O) groups is 3. The number of anilines is 1. The van der Waals surface area contributed by atoms with Crippen LogP contribution in [0, 0.1) is 25.7 Å². The SMILES string of the molecule is C=CCOC(=O)[C@H]1[C@H]2C(=O)N([C@@H](CO)Cc3ccccc3)C(C(=O)N(CC=C)c3cc(C)ccc3C)C23CC[C@]1(C)O3. The van der Waals surface area contributed by atoms with Crippen LogP contribution in [0.4, 0.5) is 5.69 Å². The average molecular weight is 573 g/mol. The van der Waals surface area contributed by atoms with Crippen molar-refractivity contribution in [2.24, 2.45) is 11.8 Å². The minimum atomic E-state index is -1.25. The van der Waals surface area contributed by atoms with Gasteiger partial charge in [-0.25, -0.2) is 0 Å². The summed E-state index contributed by atoms with van der Waals surface area (Å²) >= 11 is 0. The van der Waals surface area contributed by atoms with E-state index in [1.165, 1.54) is 11.0 Å². The number of ether oxygens (including phenoxy) is 2. The van der Waals surface area contributed by atoms with Crippen LogP contribution in [0.15, 0.2) is 73.8 Å². The number of aliphatic hydroxyl groups is 1. The van der Waals surface area contributed by atoms with Crippen molar-refractivity contribution >= 4 is 23.5 Å². The van der Waals surface area contributed by atoms with Gasteiger partial charge in [-0.05, 0) is 62.8 Å². The molecule has 2 amide bonds. The smallest absolute Gasteiger partial charge is 0.313 e. The molecule has 0 saturated carbocycles. The van der Waals surface area contributed by atoms with Crippen molar-refractivity contribution < 1.29 is 29.0 Å². The average Bonchev–Trinajstić information content (AvgIpc) is 3.55. The second-order valence-corrected chi connectivity index (χ2v) is 11.9. The van der Waals surface area contributed by atoms with Gasteiger partial charge in [0.2, 0.25) is 5.91 Å². The van der Waals surface area contributed by atoms with E-state index in [0.29, 0.717) is 19.3 Å². The minimum Gasteiger partial charge on any atom is -0.461 e. The second kappa shape index (κ2) is 11.5. The maximum Gasteiger partial charge on any atom is 0.313 e. The van der Waals surface area contributed by atoms with Gasteiger partial charge >= 0.3 is 5.97 Å². The number of benzene rings is 2. The van der Waals surface area contributed by atoms with Gasteiger partial charge < -0.3 is 24.4 Å². The molecule has 1 spiro atoms. The van der Waals surface area contributed by atoms with Crippen LogP contribution >= 0.6 is 0 Å². The van der Waals surface area contributed by atoms with Gasteiger partial charge in [0.25, 0.3) is 5.91 Å². The second-order valence-electron chi connectivity index (χ2n) is 11.9. The third-order valence-corrected chi connectivity index (χ3v) is 9.20. The largest absolute Gasteiger partial charge is 0.461 e. The lowest BCUT2D eigenvalue weighted by atomic mass is 9.66. The predicted molar refractivity (Wildman–Crippen MR) is 160 cm³/mol. The molecule has 6 atom stereocenters. The van der Waals surface area contributed by atoms with Crippen LogP contribution in [0.5, 0.6) is 0 Å². The van der Waals surface area contributed by atoms with Crippen LogP contribution in [0.1, 0.15) is 36.5 Å². The number of aryl methyl sites for hydroxylation is 2. The van der Waals surface area contributed by atoms with Gasteiger partial charge in [-0.1, -0.05) is 61.2 Å². The molecule has 0 aromatic heterocycles. The number of fused-ring (bicyclic) bond motifs is 1. The number of carbonyl (C=O) groups excluding carboxylic acids is 3. The summed E-state index contributed by atoms with van der Waals surface area (Å²) in [4.78, 5) is 46.1. The lowest BCUT2D eigenvalue weighted by molar-refractivity contribution is -0.159. The number of hydrogen-bond donors (Lipinski definition) is 1. The Balaban J connectivity index is 1.64. The highest BCUT2D eigenvalue weighted by atomic mass is 16.6. The van der Waals surface area contributed by atoms with Crippen molar-refractivity contribution in [3.63, 3.8) is 0 Å². The van der Waals surface area contributed by atoms with Crippen LogP contribution < -0.4 is 4.90 Å². The highest BCUT2D eigenvalue weighted by Gasteiger charge is 2.79. The summed E-state index contributed by atoms with van der Waals surface area (Å²) in [6.07, 6.45) is 4.40. The first-order valence-electron chi connectivity index (χ1n) is 14.6. The van der Waals surface area contributed by atoms with Gasteiger partial charge in [0.05, 0.1) is 24.2 Å². The van der Waals surface area contributed by atoms with Gasteiger partial charge in [-0.2, -0.15) is 0 Å². The van der Waals surface area contributed by atoms with Gasteiger partial charge in [0.15, 0.2) is 0 Å². The summed E-state index contributed by atoms with van der Waals surface area (Å²) in [6, 6.07) is 13.7. The van der Waals surface area contributed by atoms with Gasteiger partial charge in [-0.3, -0.25) is 14.4 Å². The summed E-state index contributed by atoms with van der Waals surface area (Å²) in [5, 5.41) is 10.7. The fourth-order valence-corrected chi connectivity index (χ4v) is 7.36. The first-order chi connectivity index (χ1) is 20.1. The van der Waals surface area contributed by atoms with E-state index in [0.717, 1.165) is 22.4 Å². The van der Waals surface area contributed by atoms with Crippen molar-refractivity contribution in [3.05, 3.63) is 90.5 Å². The predicted octanol–water partition coefficient (Wildman–Crippen LogP) is 3.92. The van der Waals surface area contributed by atoms with E-state index in [9.17, 15) is 19.5 Å². The maximum absolute atomic E-state index is 14.9. The Morgan fingerprint density at radius 2 is 1.90 bits per heavy atom. The van der Waals surface area contributed by atoms with E-state index in [1.54, 1.807) is 11.0 Å². The Kier molecular flexibility index (Phi) is 8.14. The van der Waals surface area contributed by atoms with Crippen LogP contribution in [0.2, 0.25) is 0 Å². The molecule has 3 aliphatic heterocycles. The molecule has 1 N–H and O–H groups in total. The molecule has 3 heterocycles. The molecule has 2 bridgehead atoms. The topological polar surface area (TPSA) is 96.4 Å². The molecular weight excluding hydrogens is 532 g/mol.